The SMILES string of the molecule is Cn1c(SCC(=O)Nc2ccc(Cl)cc2F)nnc1-c1ccccc1. The Morgan fingerprint density at radius 2 is 2.00 bits per heavy atom. The van der Waals surface area contributed by atoms with E-state index in [1.54, 1.807) is 0 Å². The van der Waals surface area contributed by atoms with Gasteiger partial charge in [0.05, 0.1) is 11.4 Å². The Balaban J connectivity index is 1.64. The van der Waals surface area contributed by atoms with Crippen molar-refractivity contribution < 1.29 is 9.18 Å². The second-order valence-corrected chi connectivity index (χ2v) is 6.57. The van der Waals surface area contributed by atoms with E-state index in [0.29, 0.717) is 11.0 Å². The standard InChI is InChI=1S/C17H14ClFN4OS/c1-23-16(11-5-3-2-4-6-11)21-22-17(23)25-10-15(24)20-14-8-7-12(18)9-13(14)19/h2-9H,10H2,1H3,(H,20,24). The molecule has 128 valence electrons. The van der Waals surface area contributed by atoms with Crippen LogP contribution >= 0.6 is 23.4 Å². The molecule has 0 fully saturated rings. The molecule has 25 heavy (non-hydrogen) atoms. The summed E-state index contributed by atoms with van der Waals surface area (Å²) >= 11 is 6.92. The summed E-state index contributed by atoms with van der Waals surface area (Å²) in [5.41, 5.74) is 1.04. The van der Waals surface area contributed by atoms with E-state index < -0.39 is 5.82 Å². The average molecular weight is 377 g/mol. The maximum atomic E-state index is 13.7. The first-order valence-electron chi connectivity index (χ1n) is 7.37. The molecule has 5 nitrogen and oxygen atoms in total. The fourth-order valence-electron chi connectivity index (χ4n) is 2.19. The Kier molecular flexibility index (Phi) is 5.35. The molecule has 0 unspecified atom stereocenters. The molecule has 0 bridgehead atoms. The number of thioether (sulfide) groups is 1. The molecular weight excluding hydrogens is 363 g/mol. The molecule has 0 aliphatic rings. The second kappa shape index (κ2) is 7.67. The monoisotopic (exact) mass is 376 g/mol. The number of carbonyl (C=O) groups is 1. The number of benzene rings is 2. The van der Waals surface area contributed by atoms with Crippen molar-refractivity contribution in [1.29, 1.82) is 0 Å². The van der Waals surface area contributed by atoms with Crippen molar-refractivity contribution in [3.05, 3.63) is 59.4 Å². The Bertz CT molecular complexity index is 901. The third-order valence-corrected chi connectivity index (χ3v) is 4.66. The van der Waals surface area contributed by atoms with Gasteiger partial charge in [-0.1, -0.05) is 53.7 Å². The molecule has 1 aromatic heterocycles. The highest BCUT2D eigenvalue weighted by molar-refractivity contribution is 7.99. The number of anilines is 1. The number of aromatic nitrogens is 3. The van der Waals surface area contributed by atoms with Gasteiger partial charge in [0.25, 0.3) is 0 Å². The summed E-state index contributed by atoms with van der Waals surface area (Å²) in [5.74, 6) is -0.110. The Morgan fingerprint density at radius 3 is 2.72 bits per heavy atom. The van der Waals surface area contributed by atoms with Crippen molar-refractivity contribution in [2.75, 3.05) is 11.1 Å². The molecule has 0 aliphatic carbocycles. The summed E-state index contributed by atoms with van der Waals surface area (Å²) in [6.45, 7) is 0. The third-order valence-electron chi connectivity index (χ3n) is 3.40. The molecular formula is C17H14ClFN4OS. The van der Waals surface area contributed by atoms with Crippen LogP contribution in [0.15, 0.2) is 53.7 Å². The number of nitrogens with one attached hydrogen (secondary N) is 1. The van der Waals surface area contributed by atoms with Crippen LogP contribution in [0, 0.1) is 5.82 Å². The van der Waals surface area contributed by atoms with Gasteiger partial charge in [0, 0.05) is 17.6 Å². The summed E-state index contributed by atoms with van der Waals surface area (Å²) in [5, 5.41) is 11.7. The maximum absolute atomic E-state index is 13.7. The van der Waals surface area contributed by atoms with Crippen molar-refractivity contribution in [3.63, 3.8) is 0 Å². The van der Waals surface area contributed by atoms with E-state index in [0.717, 1.165) is 11.6 Å². The highest BCUT2D eigenvalue weighted by Crippen LogP contribution is 2.23. The summed E-state index contributed by atoms with van der Waals surface area (Å²) in [6.07, 6.45) is 0. The van der Waals surface area contributed by atoms with Crippen LogP contribution in [0.4, 0.5) is 10.1 Å². The predicted octanol–water partition coefficient (Wildman–Crippen LogP) is 4.01. The van der Waals surface area contributed by atoms with Gasteiger partial charge in [0.15, 0.2) is 11.0 Å². The second-order valence-electron chi connectivity index (χ2n) is 5.19. The van der Waals surface area contributed by atoms with Crippen molar-refractivity contribution in [2.24, 2.45) is 7.05 Å². The van der Waals surface area contributed by atoms with Crippen molar-refractivity contribution in [3.8, 4) is 11.4 Å². The topological polar surface area (TPSA) is 59.8 Å². The number of hydrogen-bond acceptors (Lipinski definition) is 4. The minimum absolute atomic E-state index is 0.0861. The van der Waals surface area contributed by atoms with Gasteiger partial charge < -0.3 is 9.88 Å². The van der Waals surface area contributed by atoms with E-state index >= 15 is 0 Å². The van der Waals surface area contributed by atoms with Crippen LogP contribution in [0.25, 0.3) is 11.4 Å². The summed E-state index contributed by atoms with van der Waals surface area (Å²) < 4.78 is 15.5. The van der Waals surface area contributed by atoms with E-state index in [-0.39, 0.29) is 22.4 Å². The molecule has 0 spiro atoms. The number of halogens is 2. The normalized spacial score (nSPS) is 10.7. The molecule has 3 aromatic rings. The third kappa shape index (κ3) is 4.18. The lowest BCUT2D eigenvalue weighted by Crippen LogP contribution is -2.15. The van der Waals surface area contributed by atoms with Crippen molar-refractivity contribution >= 4 is 35.0 Å². The van der Waals surface area contributed by atoms with Gasteiger partial charge in [0.2, 0.25) is 5.91 Å². The van der Waals surface area contributed by atoms with E-state index in [1.165, 1.54) is 23.9 Å². The molecule has 2 aromatic carbocycles. The smallest absolute Gasteiger partial charge is 0.234 e. The zero-order chi connectivity index (χ0) is 17.8. The lowest BCUT2D eigenvalue weighted by molar-refractivity contribution is -0.113. The first kappa shape index (κ1) is 17.4. The number of carbonyl (C=O) groups excluding carboxylic acids is 1. The number of nitrogens with zero attached hydrogens (tertiary/aromatic N) is 3. The van der Waals surface area contributed by atoms with Gasteiger partial charge in [-0.3, -0.25) is 4.79 Å². The Labute approximate surface area is 153 Å². The first-order valence-corrected chi connectivity index (χ1v) is 8.73. The number of hydrogen-bond donors (Lipinski definition) is 1. The fraction of sp³-hybridized carbons (Fsp3) is 0.118. The number of rotatable bonds is 5. The fourth-order valence-corrected chi connectivity index (χ4v) is 3.06. The van der Waals surface area contributed by atoms with Crippen LogP contribution < -0.4 is 5.32 Å². The van der Waals surface area contributed by atoms with Crippen LogP contribution in [0.1, 0.15) is 0 Å². The van der Waals surface area contributed by atoms with Gasteiger partial charge >= 0.3 is 0 Å². The van der Waals surface area contributed by atoms with Crippen LogP contribution in [0.3, 0.4) is 0 Å². The van der Waals surface area contributed by atoms with Gasteiger partial charge in [0.1, 0.15) is 5.82 Å². The van der Waals surface area contributed by atoms with Gasteiger partial charge in [-0.2, -0.15) is 0 Å². The molecule has 1 heterocycles. The van der Waals surface area contributed by atoms with E-state index in [1.807, 2.05) is 41.9 Å². The average Bonchev–Trinajstić information content (AvgIpc) is 2.97. The lowest BCUT2D eigenvalue weighted by atomic mass is 10.2. The minimum atomic E-state index is -0.573. The van der Waals surface area contributed by atoms with Gasteiger partial charge in [-0.25, -0.2) is 4.39 Å². The molecule has 0 aliphatic heterocycles. The van der Waals surface area contributed by atoms with Gasteiger partial charge in [-0.15, -0.1) is 10.2 Å². The van der Waals surface area contributed by atoms with Crippen molar-refractivity contribution in [2.45, 2.75) is 5.16 Å². The zero-order valence-electron chi connectivity index (χ0n) is 13.2. The molecule has 1 amide bonds. The van der Waals surface area contributed by atoms with Crippen LogP contribution in [0.5, 0.6) is 0 Å². The van der Waals surface area contributed by atoms with Crippen molar-refractivity contribution in [1.82, 2.24) is 14.8 Å². The molecule has 3 rings (SSSR count). The van der Waals surface area contributed by atoms with Crippen LogP contribution in [-0.2, 0) is 11.8 Å². The highest BCUT2D eigenvalue weighted by atomic mass is 35.5. The lowest BCUT2D eigenvalue weighted by Gasteiger charge is -2.07. The molecule has 0 saturated carbocycles. The maximum Gasteiger partial charge on any atom is 0.234 e. The Morgan fingerprint density at radius 1 is 1.24 bits per heavy atom. The molecule has 0 atom stereocenters. The van der Waals surface area contributed by atoms with E-state index in [4.69, 9.17) is 11.6 Å². The Hall–Kier alpha value is -2.38. The summed E-state index contributed by atoms with van der Waals surface area (Å²) in [4.78, 5) is 12.0. The van der Waals surface area contributed by atoms with Crippen LogP contribution in [-0.4, -0.2) is 26.4 Å². The molecule has 8 heteroatoms. The zero-order valence-corrected chi connectivity index (χ0v) is 14.8. The number of amides is 1. The van der Waals surface area contributed by atoms with E-state index in [2.05, 4.69) is 15.5 Å². The summed E-state index contributed by atoms with van der Waals surface area (Å²) in [6, 6.07) is 13.7. The van der Waals surface area contributed by atoms with Gasteiger partial charge in [-0.05, 0) is 18.2 Å². The quantitative estimate of drug-likeness (QED) is 0.683. The first-order chi connectivity index (χ1) is 12.0. The minimum Gasteiger partial charge on any atom is -0.323 e. The molecule has 0 saturated heterocycles. The molecule has 0 radical (unpaired) electrons. The van der Waals surface area contributed by atoms with E-state index in [9.17, 15) is 9.18 Å². The predicted molar refractivity (Wildman–Crippen MR) is 97.2 cm³/mol. The summed E-state index contributed by atoms with van der Waals surface area (Å²) in [7, 11) is 1.83. The molecule has 1 N–H and O–H groups in total. The largest absolute Gasteiger partial charge is 0.323 e. The highest BCUT2D eigenvalue weighted by Gasteiger charge is 2.13. The van der Waals surface area contributed by atoms with Crippen LogP contribution in [0.2, 0.25) is 5.02 Å².